The molecule has 0 radical (unpaired) electrons. The van der Waals surface area contributed by atoms with Gasteiger partial charge in [0.05, 0.1) is 18.1 Å². The minimum Gasteiger partial charge on any atom is -0.377 e. The highest BCUT2D eigenvalue weighted by molar-refractivity contribution is 6.32. The van der Waals surface area contributed by atoms with Crippen LogP contribution in [-0.4, -0.2) is 23.1 Å². The number of pyridine rings is 1. The Bertz CT molecular complexity index is 693. The zero-order valence-electron chi connectivity index (χ0n) is 13.0. The molecule has 23 heavy (non-hydrogen) atoms. The highest BCUT2D eigenvalue weighted by Crippen LogP contribution is 2.35. The van der Waals surface area contributed by atoms with Crippen LogP contribution in [0.3, 0.4) is 0 Å². The van der Waals surface area contributed by atoms with Gasteiger partial charge in [0.15, 0.2) is 0 Å². The standard InChI is InChI=1S/C16H18ClN3O3/c1-11-12(2)19-16(17)15(20(21)22)14(11)18-8-9-23-10-13-6-4-3-5-7-13/h3-7H,8-10H2,1-2H3,(H,18,19). The van der Waals surface area contributed by atoms with Crippen LogP contribution in [0.25, 0.3) is 0 Å². The van der Waals surface area contributed by atoms with Crippen molar-refractivity contribution >= 4 is 23.0 Å². The fourth-order valence-electron chi connectivity index (χ4n) is 2.14. The monoisotopic (exact) mass is 335 g/mol. The Balaban J connectivity index is 1.96. The molecule has 0 aliphatic heterocycles. The highest BCUT2D eigenvalue weighted by atomic mass is 35.5. The predicted molar refractivity (Wildman–Crippen MR) is 90.0 cm³/mol. The summed E-state index contributed by atoms with van der Waals surface area (Å²) in [6.45, 7) is 4.90. The van der Waals surface area contributed by atoms with Crippen LogP contribution in [0, 0.1) is 24.0 Å². The van der Waals surface area contributed by atoms with Crippen molar-refractivity contribution in [2.24, 2.45) is 0 Å². The molecule has 2 rings (SSSR count). The van der Waals surface area contributed by atoms with Crippen molar-refractivity contribution in [1.82, 2.24) is 4.98 Å². The summed E-state index contributed by atoms with van der Waals surface area (Å²) in [4.78, 5) is 14.7. The van der Waals surface area contributed by atoms with E-state index in [-0.39, 0.29) is 10.8 Å². The summed E-state index contributed by atoms with van der Waals surface area (Å²) in [7, 11) is 0. The maximum Gasteiger partial charge on any atom is 0.329 e. The van der Waals surface area contributed by atoms with E-state index in [9.17, 15) is 10.1 Å². The van der Waals surface area contributed by atoms with E-state index in [4.69, 9.17) is 16.3 Å². The number of aromatic nitrogens is 1. The maximum atomic E-state index is 11.2. The fraction of sp³-hybridized carbons (Fsp3) is 0.312. The number of nitro groups is 1. The molecule has 122 valence electrons. The van der Waals surface area contributed by atoms with Gasteiger partial charge in [-0.3, -0.25) is 10.1 Å². The Morgan fingerprint density at radius 3 is 2.65 bits per heavy atom. The number of anilines is 1. The van der Waals surface area contributed by atoms with Gasteiger partial charge in [-0.15, -0.1) is 0 Å². The summed E-state index contributed by atoms with van der Waals surface area (Å²) in [6, 6.07) is 9.81. The number of rotatable bonds is 7. The van der Waals surface area contributed by atoms with Gasteiger partial charge in [-0.05, 0) is 19.4 Å². The summed E-state index contributed by atoms with van der Waals surface area (Å²) in [5.41, 5.74) is 2.66. The molecule has 1 aromatic heterocycles. The van der Waals surface area contributed by atoms with E-state index in [2.05, 4.69) is 10.3 Å². The van der Waals surface area contributed by atoms with Crippen molar-refractivity contribution in [1.29, 1.82) is 0 Å². The number of ether oxygens (including phenoxy) is 1. The van der Waals surface area contributed by atoms with E-state index in [1.54, 1.807) is 13.8 Å². The van der Waals surface area contributed by atoms with Gasteiger partial charge < -0.3 is 10.1 Å². The SMILES string of the molecule is Cc1nc(Cl)c([N+](=O)[O-])c(NCCOCc2ccccc2)c1C. The van der Waals surface area contributed by atoms with Crippen LogP contribution < -0.4 is 5.32 Å². The Kier molecular flexibility index (Phi) is 5.90. The van der Waals surface area contributed by atoms with Crippen LogP contribution in [0.4, 0.5) is 11.4 Å². The van der Waals surface area contributed by atoms with Gasteiger partial charge in [-0.2, -0.15) is 0 Å². The van der Waals surface area contributed by atoms with Gasteiger partial charge in [0, 0.05) is 17.8 Å². The van der Waals surface area contributed by atoms with Gasteiger partial charge in [0.2, 0.25) is 5.15 Å². The number of nitrogens with zero attached hydrogens (tertiary/aromatic N) is 2. The van der Waals surface area contributed by atoms with Gasteiger partial charge in [-0.1, -0.05) is 41.9 Å². The van der Waals surface area contributed by atoms with E-state index in [0.717, 1.165) is 5.56 Å². The molecule has 0 saturated heterocycles. The lowest BCUT2D eigenvalue weighted by atomic mass is 10.1. The molecule has 7 heteroatoms. The molecule has 6 nitrogen and oxygen atoms in total. The molecule has 2 aromatic rings. The van der Waals surface area contributed by atoms with Crippen LogP contribution in [0.1, 0.15) is 16.8 Å². The number of benzene rings is 1. The topological polar surface area (TPSA) is 77.3 Å². The molecule has 1 aromatic carbocycles. The number of hydrogen-bond acceptors (Lipinski definition) is 5. The molecule has 0 saturated carbocycles. The maximum absolute atomic E-state index is 11.2. The summed E-state index contributed by atoms with van der Waals surface area (Å²) in [5, 5.41) is 14.1. The van der Waals surface area contributed by atoms with E-state index < -0.39 is 4.92 Å². The number of hydrogen-bond donors (Lipinski definition) is 1. The third-order valence-electron chi connectivity index (χ3n) is 3.46. The first-order valence-corrected chi connectivity index (χ1v) is 7.55. The first-order valence-electron chi connectivity index (χ1n) is 7.17. The van der Waals surface area contributed by atoms with Gasteiger partial charge in [0.1, 0.15) is 5.69 Å². The molecule has 0 unspecified atom stereocenters. The zero-order chi connectivity index (χ0) is 16.8. The minimum atomic E-state index is -0.519. The van der Waals surface area contributed by atoms with Crippen molar-refractivity contribution < 1.29 is 9.66 Å². The second-order valence-corrected chi connectivity index (χ2v) is 5.42. The van der Waals surface area contributed by atoms with Crippen LogP contribution in [0.5, 0.6) is 0 Å². The summed E-state index contributed by atoms with van der Waals surface area (Å²) >= 11 is 5.90. The lowest BCUT2D eigenvalue weighted by molar-refractivity contribution is -0.384. The van der Waals surface area contributed by atoms with Crippen molar-refractivity contribution in [3.63, 3.8) is 0 Å². The molecular formula is C16H18ClN3O3. The van der Waals surface area contributed by atoms with E-state index in [0.29, 0.717) is 36.7 Å². The van der Waals surface area contributed by atoms with Crippen LogP contribution >= 0.6 is 11.6 Å². The van der Waals surface area contributed by atoms with Crippen molar-refractivity contribution in [3.8, 4) is 0 Å². The van der Waals surface area contributed by atoms with Gasteiger partial charge in [-0.25, -0.2) is 4.98 Å². The summed E-state index contributed by atoms with van der Waals surface area (Å²) in [5.74, 6) is 0. The van der Waals surface area contributed by atoms with Crippen LogP contribution in [0.15, 0.2) is 30.3 Å². The highest BCUT2D eigenvalue weighted by Gasteiger charge is 2.23. The molecule has 0 spiro atoms. The normalized spacial score (nSPS) is 10.6. The Morgan fingerprint density at radius 1 is 1.30 bits per heavy atom. The number of aryl methyl sites for hydroxylation is 1. The third kappa shape index (κ3) is 4.40. The Labute approximate surface area is 139 Å². The molecular weight excluding hydrogens is 318 g/mol. The number of nitrogens with one attached hydrogen (secondary N) is 1. The smallest absolute Gasteiger partial charge is 0.329 e. The molecule has 1 heterocycles. The fourth-order valence-corrected chi connectivity index (χ4v) is 2.43. The largest absolute Gasteiger partial charge is 0.377 e. The second-order valence-electron chi connectivity index (χ2n) is 5.06. The summed E-state index contributed by atoms with van der Waals surface area (Å²) < 4.78 is 5.56. The van der Waals surface area contributed by atoms with Crippen molar-refractivity contribution in [2.75, 3.05) is 18.5 Å². The summed E-state index contributed by atoms with van der Waals surface area (Å²) in [6.07, 6.45) is 0. The minimum absolute atomic E-state index is 0.106. The van der Waals surface area contributed by atoms with E-state index in [1.807, 2.05) is 30.3 Å². The van der Waals surface area contributed by atoms with Crippen LogP contribution in [-0.2, 0) is 11.3 Å². The Morgan fingerprint density at radius 2 is 2.00 bits per heavy atom. The first-order chi connectivity index (χ1) is 11.0. The molecule has 1 N–H and O–H groups in total. The quantitative estimate of drug-likeness (QED) is 0.359. The molecule has 0 aliphatic carbocycles. The van der Waals surface area contributed by atoms with Gasteiger partial charge in [0.25, 0.3) is 0 Å². The molecule has 0 atom stereocenters. The van der Waals surface area contributed by atoms with Crippen LogP contribution in [0.2, 0.25) is 5.15 Å². The lowest BCUT2D eigenvalue weighted by Gasteiger charge is -2.12. The number of halogens is 1. The third-order valence-corrected chi connectivity index (χ3v) is 3.72. The molecule has 0 amide bonds. The van der Waals surface area contributed by atoms with E-state index in [1.165, 1.54) is 0 Å². The van der Waals surface area contributed by atoms with Gasteiger partial charge >= 0.3 is 5.69 Å². The second kappa shape index (κ2) is 7.89. The predicted octanol–water partition coefficient (Wildman–Crippen LogP) is 3.89. The average Bonchev–Trinajstić information content (AvgIpc) is 2.52. The van der Waals surface area contributed by atoms with Crippen molar-refractivity contribution in [2.45, 2.75) is 20.5 Å². The van der Waals surface area contributed by atoms with E-state index >= 15 is 0 Å². The molecule has 0 fully saturated rings. The first kappa shape index (κ1) is 17.2. The molecule has 0 bridgehead atoms. The zero-order valence-corrected chi connectivity index (χ0v) is 13.8. The lowest BCUT2D eigenvalue weighted by Crippen LogP contribution is -2.13. The average molecular weight is 336 g/mol. The molecule has 0 aliphatic rings. The Hall–Kier alpha value is -2.18. The van der Waals surface area contributed by atoms with Crippen molar-refractivity contribution in [3.05, 3.63) is 62.4 Å².